The Bertz CT molecular complexity index is 2730. The molecule has 2 aromatic carbocycles. The number of phenolic OH excluding ortho intramolecular Hbond substituents is 1. The second-order valence-corrected chi connectivity index (χ2v) is 21.6. The highest BCUT2D eigenvalue weighted by atomic mass is 32.1. The van der Waals surface area contributed by atoms with Crippen LogP contribution in [0, 0.1) is 24.2 Å². The van der Waals surface area contributed by atoms with Gasteiger partial charge in [0.2, 0.25) is 23.7 Å². The van der Waals surface area contributed by atoms with Crippen LogP contribution >= 0.6 is 11.3 Å². The van der Waals surface area contributed by atoms with Crippen molar-refractivity contribution in [3.05, 3.63) is 89.3 Å². The lowest BCUT2D eigenvalue weighted by molar-refractivity contribution is -0.144. The van der Waals surface area contributed by atoms with Crippen LogP contribution in [0.25, 0.3) is 21.7 Å². The molecule has 2 unspecified atom stereocenters. The maximum Gasteiger partial charge on any atom is 0.256 e. The number of β-amino-alcohol motifs (C(OH)–C–C–N with tert-alkyl or cyclic N) is 1. The number of benzene rings is 2. The van der Waals surface area contributed by atoms with Gasteiger partial charge in [0.1, 0.15) is 17.8 Å². The molecule has 4 amide bonds. The number of amides is 4. The molecule has 4 aliphatic rings. The Labute approximate surface area is 418 Å². The molecule has 6 N–H and O–H groups in total. The largest absolute Gasteiger partial charge is 0.507 e. The number of nitrogens with two attached hydrogens (primary N) is 1. The van der Waals surface area contributed by atoms with Crippen molar-refractivity contribution in [2.24, 2.45) is 17.3 Å². The summed E-state index contributed by atoms with van der Waals surface area (Å²) in [6.07, 6.45) is 7.05. The Morgan fingerprint density at radius 1 is 0.901 bits per heavy atom. The molecule has 19 heteroatoms. The summed E-state index contributed by atoms with van der Waals surface area (Å²) in [7, 11) is 1.78. The molecule has 5 atom stereocenters. The summed E-state index contributed by atoms with van der Waals surface area (Å²) in [5.41, 5.74) is 12.7. The molecule has 0 spiro atoms. The summed E-state index contributed by atoms with van der Waals surface area (Å²) in [6.45, 7) is 9.76. The van der Waals surface area contributed by atoms with Crippen LogP contribution in [0.4, 0.5) is 17.5 Å². The van der Waals surface area contributed by atoms with Crippen molar-refractivity contribution in [3.8, 4) is 27.4 Å². The molecular formula is C52H64N12O6S. The van der Waals surface area contributed by atoms with Crippen LogP contribution in [0.2, 0.25) is 0 Å². The molecule has 9 rings (SSSR count). The number of aliphatic hydroxyl groups excluding tert-OH is 1. The van der Waals surface area contributed by atoms with Gasteiger partial charge in [-0.25, -0.2) is 15.0 Å². The van der Waals surface area contributed by atoms with Crippen LogP contribution in [0.15, 0.2) is 72.5 Å². The number of aromatic nitrogens is 5. The molecule has 4 fully saturated rings. The van der Waals surface area contributed by atoms with Gasteiger partial charge < -0.3 is 46.2 Å². The fourth-order valence-electron chi connectivity index (χ4n) is 10.8. The lowest BCUT2D eigenvalue weighted by Crippen LogP contribution is -2.58. The molecule has 6 heterocycles. The first-order chi connectivity index (χ1) is 34.0. The summed E-state index contributed by atoms with van der Waals surface area (Å²) < 4.78 is 0. The number of carbonyl (C=O) groups is 4. The third kappa shape index (κ3) is 10.7. The van der Waals surface area contributed by atoms with E-state index in [1.807, 2.05) is 69.6 Å². The van der Waals surface area contributed by atoms with Crippen LogP contribution in [0.3, 0.4) is 0 Å². The zero-order valence-corrected chi connectivity index (χ0v) is 41.8. The molecular weight excluding hydrogens is 921 g/mol. The topological polar surface area (TPSA) is 236 Å². The number of aryl methyl sites for hydroxylation is 1. The molecule has 1 saturated carbocycles. The number of rotatable bonds is 13. The third-order valence-corrected chi connectivity index (χ3v) is 15.7. The molecule has 71 heavy (non-hydrogen) atoms. The summed E-state index contributed by atoms with van der Waals surface area (Å²) in [5.74, 6) is -0.215. The van der Waals surface area contributed by atoms with Gasteiger partial charge in [0.25, 0.3) is 5.91 Å². The normalized spacial score (nSPS) is 22.5. The van der Waals surface area contributed by atoms with E-state index in [9.17, 15) is 29.4 Å². The lowest BCUT2D eigenvalue weighted by Gasteiger charge is -2.42. The number of hydrogen-bond acceptors (Lipinski definition) is 15. The second kappa shape index (κ2) is 20.5. The van der Waals surface area contributed by atoms with Gasteiger partial charge in [-0.1, -0.05) is 57.2 Å². The standard InChI is InChI=1S/C52H64N12O6S/c1-30-44(71-29-57-30)33-14-10-31(11-15-33)22-54-48(68)42-20-38(65)28-63(42)50(70)45(52(2,3)4)58-47(67)34-16-12-32(13-17-34)25-61(5)49(69)35-23-55-51(56-24-35)64-36-18-19-37(64)27-62(26-36)41-21-40(59-60-46(41)53)39-8-6-7-9-43(39)66/h6-11,14-15,21,23-24,29,32,34,36-38,42,45,65-66H,12-13,16-20,22,25-28H2,1-5H3,(H2,53,60)(H,54,68)(H,58,67)/t32?,34?,36?,37?,38-,42+,45-/m1/s1. The number of para-hydroxylation sites is 1. The Kier molecular flexibility index (Phi) is 14.3. The minimum Gasteiger partial charge on any atom is -0.507 e. The monoisotopic (exact) mass is 984 g/mol. The summed E-state index contributed by atoms with van der Waals surface area (Å²) in [4.78, 5) is 77.9. The number of carbonyl (C=O) groups excluding carboxylic acids is 4. The smallest absolute Gasteiger partial charge is 0.256 e. The Balaban J connectivity index is 0.749. The lowest BCUT2D eigenvalue weighted by atomic mass is 9.80. The van der Waals surface area contributed by atoms with Gasteiger partial charge >= 0.3 is 0 Å². The first-order valence-corrected chi connectivity index (χ1v) is 25.5. The van der Waals surface area contributed by atoms with Gasteiger partial charge in [0.05, 0.1) is 39.1 Å². The van der Waals surface area contributed by atoms with Gasteiger partial charge in [-0.3, -0.25) is 19.2 Å². The van der Waals surface area contributed by atoms with E-state index in [2.05, 4.69) is 35.6 Å². The number of aliphatic hydroxyl groups is 1. The zero-order valence-electron chi connectivity index (χ0n) is 41.0. The van der Waals surface area contributed by atoms with E-state index in [1.54, 1.807) is 53.9 Å². The number of thiazole rings is 1. The quantitative estimate of drug-likeness (QED) is 0.102. The van der Waals surface area contributed by atoms with E-state index in [1.165, 1.54) is 4.90 Å². The number of nitrogens with one attached hydrogen (secondary N) is 2. The van der Waals surface area contributed by atoms with Crippen molar-refractivity contribution in [1.29, 1.82) is 0 Å². The number of nitrogens with zero attached hydrogens (tertiary/aromatic N) is 9. The molecule has 3 aliphatic heterocycles. The van der Waals surface area contributed by atoms with E-state index < -0.39 is 29.5 Å². The predicted octanol–water partition coefficient (Wildman–Crippen LogP) is 5.20. The molecule has 1 aliphatic carbocycles. The Morgan fingerprint density at radius 2 is 1.59 bits per heavy atom. The van der Waals surface area contributed by atoms with Crippen LogP contribution < -0.4 is 26.2 Å². The van der Waals surface area contributed by atoms with Gasteiger partial charge in [0.15, 0.2) is 5.82 Å². The SMILES string of the molecule is Cc1ncsc1-c1ccc(CNC(=O)[C@@H]2C[C@@H](O)CN2C(=O)[C@@H](NC(=O)C2CCC(CN(C)C(=O)c3cnc(N4C5CCC4CN(c4cc(-c6ccccc6O)nnc4N)C5)nc3)CC2)C(C)(C)C)cc1. The summed E-state index contributed by atoms with van der Waals surface area (Å²) in [5, 5.41) is 35.6. The molecule has 374 valence electrons. The number of hydrogen-bond donors (Lipinski definition) is 5. The van der Waals surface area contributed by atoms with Crippen LogP contribution in [0.5, 0.6) is 5.75 Å². The minimum absolute atomic E-state index is 0.00127. The first kappa shape index (κ1) is 49.3. The molecule has 3 aromatic heterocycles. The van der Waals surface area contributed by atoms with E-state index >= 15 is 0 Å². The van der Waals surface area contributed by atoms with Crippen molar-refractivity contribution in [2.75, 3.05) is 48.8 Å². The van der Waals surface area contributed by atoms with Crippen molar-refractivity contribution >= 4 is 52.4 Å². The molecule has 5 aromatic rings. The Morgan fingerprint density at radius 3 is 2.24 bits per heavy atom. The van der Waals surface area contributed by atoms with Crippen LogP contribution in [-0.4, -0.2) is 132 Å². The first-order valence-electron chi connectivity index (χ1n) is 24.6. The fraction of sp³-hybridized carbons (Fsp3) is 0.481. The van der Waals surface area contributed by atoms with Crippen molar-refractivity contribution in [3.63, 3.8) is 0 Å². The predicted molar refractivity (Wildman–Crippen MR) is 271 cm³/mol. The van der Waals surface area contributed by atoms with E-state index in [0.717, 1.165) is 53.1 Å². The van der Waals surface area contributed by atoms with Crippen molar-refractivity contribution in [2.45, 2.75) is 109 Å². The molecule has 18 nitrogen and oxygen atoms in total. The van der Waals surface area contributed by atoms with Gasteiger partial charge in [0, 0.05) is 82.2 Å². The molecule has 0 radical (unpaired) electrons. The van der Waals surface area contributed by atoms with E-state index in [-0.39, 0.29) is 66.9 Å². The highest BCUT2D eigenvalue weighted by molar-refractivity contribution is 7.13. The highest BCUT2D eigenvalue weighted by Crippen LogP contribution is 2.39. The van der Waals surface area contributed by atoms with Crippen molar-refractivity contribution < 1.29 is 29.4 Å². The number of aromatic hydroxyl groups is 1. The zero-order chi connectivity index (χ0) is 50.1. The number of fused-ring (bicyclic) bond motifs is 2. The average molecular weight is 985 g/mol. The van der Waals surface area contributed by atoms with Gasteiger partial charge in [-0.15, -0.1) is 21.5 Å². The summed E-state index contributed by atoms with van der Waals surface area (Å²) >= 11 is 1.58. The number of likely N-dealkylation sites (tertiary alicyclic amines) is 1. The molecule has 2 bridgehead atoms. The van der Waals surface area contributed by atoms with Gasteiger partial charge in [-0.2, -0.15) is 0 Å². The van der Waals surface area contributed by atoms with Crippen LogP contribution in [0.1, 0.15) is 87.3 Å². The second-order valence-electron chi connectivity index (χ2n) is 20.8. The van der Waals surface area contributed by atoms with Crippen molar-refractivity contribution in [1.82, 2.24) is 45.6 Å². The fourth-order valence-corrected chi connectivity index (χ4v) is 11.6. The maximum absolute atomic E-state index is 14.3. The van der Waals surface area contributed by atoms with E-state index in [4.69, 9.17) is 15.7 Å². The number of anilines is 3. The number of phenols is 1. The third-order valence-electron chi connectivity index (χ3n) is 14.7. The van der Waals surface area contributed by atoms with Crippen LogP contribution in [-0.2, 0) is 20.9 Å². The maximum atomic E-state index is 14.3. The van der Waals surface area contributed by atoms with E-state index in [0.29, 0.717) is 61.1 Å². The number of piperazine rings is 1. The number of nitrogen functional groups attached to an aromatic ring is 1. The van der Waals surface area contributed by atoms with Gasteiger partial charge in [-0.05, 0) is 86.1 Å². The average Bonchev–Trinajstić information content (AvgIpc) is 4.05. The molecule has 3 saturated heterocycles. The Hall–Kier alpha value is -6.73. The summed E-state index contributed by atoms with van der Waals surface area (Å²) in [6, 6.07) is 15.3. The minimum atomic E-state index is -0.914. The highest BCUT2D eigenvalue weighted by Gasteiger charge is 2.46.